The summed E-state index contributed by atoms with van der Waals surface area (Å²) in [5.74, 6) is -1.23. The summed E-state index contributed by atoms with van der Waals surface area (Å²) in [6, 6.07) is 13.6. The lowest BCUT2D eigenvalue weighted by Crippen LogP contribution is -2.34. The van der Waals surface area contributed by atoms with Gasteiger partial charge in [-0.25, -0.2) is 17.8 Å². The van der Waals surface area contributed by atoms with E-state index in [9.17, 15) is 17.6 Å². The Morgan fingerprint density at radius 1 is 1.21 bits per heavy atom. The highest BCUT2D eigenvalue weighted by Gasteiger charge is 2.30. The van der Waals surface area contributed by atoms with Crippen molar-refractivity contribution in [1.29, 1.82) is 0 Å². The van der Waals surface area contributed by atoms with E-state index in [1.165, 1.54) is 31.3 Å². The van der Waals surface area contributed by atoms with E-state index in [2.05, 4.69) is 10.3 Å². The maximum Gasteiger partial charge on any atom is 0.242 e. The van der Waals surface area contributed by atoms with Crippen LogP contribution in [0.2, 0.25) is 0 Å². The predicted octanol–water partition coefficient (Wildman–Crippen LogP) is 3.32. The van der Waals surface area contributed by atoms with E-state index in [0.717, 1.165) is 5.56 Å². The zero-order valence-corrected chi connectivity index (χ0v) is 17.0. The molecule has 2 aromatic carbocycles. The highest BCUT2D eigenvalue weighted by atomic mass is 32.2. The number of aryl methyl sites for hydroxylation is 1. The van der Waals surface area contributed by atoms with Crippen LogP contribution in [0.15, 0.2) is 60.9 Å². The number of rotatable bonds is 7. The molecule has 1 N–H and O–H groups in total. The summed E-state index contributed by atoms with van der Waals surface area (Å²) < 4.78 is 40.8. The molecule has 0 aliphatic rings. The minimum atomic E-state index is -3.83. The van der Waals surface area contributed by atoms with Gasteiger partial charge in [-0.05, 0) is 37.1 Å². The van der Waals surface area contributed by atoms with Crippen LogP contribution in [0.3, 0.4) is 0 Å². The third kappa shape index (κ3) is 5.08. The number of hydrogen-bond acceptors (Lipinski definition) is 4. The van der Waals surface area contributed by atoms with Crippen molar-refractivity contribution in [3.63, 3.8) is 0 Å². The lowest BCUT2D eigenvalue weighted by atomic mass is 10.2. The Hall–Kier alpha value is -3.00. The van der Waals surface area contributed by atoms with Crippen LogP contribution in [0, 0.1) is 12.7 Å². The zero-order chi connectivity index (χ0) is 21.0. The number of carbonyl (C=O) groups is 1. The molecule has 1 atom stereocenters. The van der Waals surface area contributed by atoms with Gasteiger partial charge >= 0.3 is 0 Å². The van der Waals surface area contributed by atoms with Gasteiger partial charge in [-0.3, -0.25) is 4.79 Å². The Morgan fingerprint density at radius 2 is 1.93 bits per heavy atom. The van der Waals surface area contributed by atoms with Crippen LogP contribution >= 0.6 is 0 Å². The number of aromatic nitrogens is 2. The maximum atomic E-state index is 13.4. The van der Waals surface area contributed by atoms with Crippen molar-refractivity contribution in [2.75, 3.05) is 5.32 Å². The number of nitrogens with one attached hydrogen (secondary N) is 1. The normalized spacial score (nSPS) is 12.5. The average molecular weight is 415 g/mol. The quantitative estimate of drug-likeness (QED) is 0.642. The van der Waals surface area contributed by atoms with E-state index in [-0.39, 0.29) is 11.4 Å². The summed E-state index contributed by atoms with van der Waals surface area (Å²) in [6.45, 7) is 3.51. The Kier molecular flexibility index (Phi) is 6.12. The van der Waals surface area contributed by atoms with Crippen molar-refractivity contribution >= 4 is 21.4 Å². The van der Waals surface area contributed by atoms with Crippen LogP contribution in [-0.4, -0.2) is 29.1 Å². The molecule has 3 rings (SSSR count). The topological polar surface area (TPSA) is 81.1 Å². The van der Waals surface area contributed by atoms with Crippen LogP contribution in [0.25, 0.3) is 0 Å². The number of nitrogens with zero attached hydrogens (tertiary/aromatic N) is 2. The van der Waals surface area contributed by atoms with E-state index < -0.39 is 26.8 Å². The van der Waals surface area contributed by atoms with Crippen LogP contribution < -0.4 is 5.32 Å². The first kappa shape index (κ1) is 20.7. The lowest BCUT2D eigenvalue weighted by Gasteiger charge is -2.15. The Labute approximate surface area is 169 Å². The molecule has 0 saturated carbocycles. The Balaban J connectivity index is 1.73. The molecule has 8 heteroatoms. The molecule has 0 fully saturated rings. The summed E-state index contributed by atoms with van der Waals surface area (Å²) in [7, 11) is -3.83. The van der Waals surface area contributed by atoms with Crippen LogP contribution in [0.4, 0.5) is 10.1 Å². The van der Waals surface area contributed by atoms with Gasteiger partial charge in [0.2, 0.25) is 5.91 Å². The van der Waals surface area contributed by atoms with Gasteiger partial charge in [-0.15, -0.1) is 0 Å². The molecule has 0 aliphatic carbocycles. The number of carbonyl (C=O) groups excluding carboxylic acids is 1. The molecule has 0 radical (unpaired) electrons. The van der Waals surface area contributed by atoms with Gasteiger partial charge in [-0.1, -0.05) is 36.4 Å². The number of imidazole rings is 1. The van der Waals surface area contributed by atoms with Crippen molar-refractivity contribution in [3.8, 4) is 0 Å². The standard InChI is InChI=1S/C21H22FN3O3S/c1-15-8-9-18(22)12-19(15)24-21(26)16(2)29(27,28)14-20-23-10-11-25(20)13-17-6-4-3-5-7-17/h3-12,16H,13-14H2,1-2H3,(H,24,26). The monoisotopic (exact) mass is 415 g/mol. The van der Waals surface area contributed by atoms with Crippen molar-refractivity contribution in [1.82, 2.24) is 9.55 Å². The molecule has 0 spiro atoms. The number of hydrogen-bond donors (Lipinski definition) is 1. The molecule has 3 aromatic rings. The third-order valence-corrected chi connectivity index (χ3v) is 6.65. The van der Waals surface area contributed by atoms with E-state index in [4.69, 9.17) is 0 Å². The summed E-state index contributed by atoms with van der Waals surface area (Å²) in [5, 5.41) is 1.19. The lowest BCUT2D eigenvalue weighted by molar-refractivity contribution is -0.115. The summed E-state index contributed by atoms with van der Waals surface area (Å²) >= 11 is 0. The van der Waals surface area contributed by atoms with E-state index >= 15 is 0 Å². The number of benzene rings is 2. The number of sulfone groups is 1. The smallest absolute Gasteiger partial charge is 0.242 e. The fourth-order valence-corrected chi connectivity index (χ4v) is 4.07. The second-order valence-corrected chi connectivity index (χ2v) is 9.18. The molecule has 1 aromatic heterocycles. The second kappa shape index (κ2) is 8.57. The first-order valence-corrected chi connectivity index (χ1v) is 10.8. The summed E-state index contributed by atoms with van der Waals surface area (Å²) in [4.78, 5) is 16.6. The van der Waals surface area contributed by atoms with E-state index in [1.807, 2.05) is 30.3 Å². The first-order valence-electron chi connectivity index (χ1n) is 9.09. The molecule has 1 heterocycles. The fraction of sp³-hybridized carbons (Fsp3) is 0.238. The van der Waals surface area contributed by atoms with Crippen molar-refractivity contribution < 1.29 is 17.6 Å². The van der Waals surface area contributed by atoms with Gasteiger partial charge < -0.3 is 9.88 Å². The van der Waals surface area contributed by atoms with E-state index in [1.54, 1.807) is 17.7 Å². The van der Waals surface area contributed by atoms with Crippen molar-refractivity contribution in [2.45, 2.75) is 31.4 Å². The van der Waals surface area contributed by atoms with Crippen LogP contribution in [0.1, 0.15) is 23.9 Å². The van der Waals surface area contributed by atoms with Gasteiger partial charge in [0, 0.05) is 24.6 Å². The minimum absolute atomic E-state index is 0.252. The summed E-state index contributed by atoms with van der Waals surface area (Å²) in [5.41, 5.74) is 1.90. The molecule has 1 unspecified atom stereocenters. The SMILES string of the molecule is Cc1ccc(F)cc1NC(=O)C(C)S(=O)(=O)Cc1nccn1Cc1ccccc1. The van der Waals surface area contributed by atoms with Crippen LogP contribution in [-0.2, 0) is 26.9 Å². The maximum absolute atomic E-state index is 13.4. The largest absolute Gasteiger partial charge is 0.330 e. The number of anilines is 1. The molecular weight excluding hydrogens is 393 g/mol. The Morgan fingerprint density at radius 3 is 2.66 bits per heavy atom. The zero-order valence-electron chi connectivity index (χ0n) is 16.2. The van der Waals surface area contributed by atoms with Gasteiger partial charge in [0.05, 0.1) is 0 Å². The Bertz CT molecular complexity index is 1110. The second-order valence-electron chi connectivity index (χ2n) is 6.85. The molecule has 1 amide bonds. The highest BCUT2D eigenvalue weighted by Crippen LogP contribution is 2.18. The third-order valence-electron chi connectivity index (χ3n) is 4.69. The van der Waals surface area contributed by atoms with Crippen LogP contribution in [0.5, 0.6) is 0 Å². The minimum Gasteiger partial charge on any atom is -0.330 e. The van der Waals surface area contributed by atoms with Gasteiger partial charge in [0.1, 0.15) is 22.6 Å². The van der Waals surface area contributed by atoms with Crippen molar-refractivity contribution in [2.24, 2.45) is 0 Å². The number of halogens is 1. The highest BCUT2D eigenvalue weighted by molar-refractivity contribution is 7.92. The van der Waals surface area contributed by atoms with Gasteiger partial charge in [0.15, 0.2) is 9.84 Å². The first-order chi connectivity index (χ1) is 13.8. The number of amides is 1. The molecule has 29 heavy (non-hydrogen) atoms. The predicted molar refractivity (Wildman–Crippen MR) is 110 cm³/mol. The molecule has 0 aliphatic heterocycles. The van der Waals surface area contributed by atoms with E-state index in [0.29, 0.717) is 17.9 Å². The fourth-order valence-electron chi connectivity index (χ4n) is 2.84. The molecule has 0 saturated heterocycles. The van der Waals surface area contributed by atoms with Gasteiger partial charge in [0.25, 0.3) is 0 Å². The molecule has 6 nitrogen and oxygen atoms in total. The summed E-state index contributed by atoms with van der Waals surface area (Å²) in [6.07, 6.45) is 3.24. The average Bonchev–Trinajstić information content (AvgIpc) is 3.10. The molecule has 152 valence electrons. The molecular formula is C21H22FN3O3S. The van der Waals surface area contributed by atoms with Gasteiger partial charge in [-0.2, -0.15) is 0 Å². The molecule has 0 bridgehead atoms. The van der Waals surface area contributed by atoms with Crippen molar-refractivity contribution in [3.05, 3.63) is 83.7 Å².